The van der Waals surface area contributed by atoms with Crippen molar-refractivity contribution in [1.82, 2.24) is 4.90 Å². The normalized spacial score (nSPS) is 11.1. The summed E-state index contributed by atoms with van der Waals surface area (Å²) in [5.74, 6) is 0.576. The number of sulfone groups is 1. The van der Waals surface area contributed by atoms with E-state index in [4.69, 9.17) is 4.74 Å². The van der Waals surface area contributed by atoms with Gasteiger partial charge < -0.3 is 9.64 Å². The van der Waals surface area contributed by atoms with Crippen LogP contribution in [0.3, 0.4) is 0 Å². The molecule has 2 rings (SSSR count). The summed E-state index contributed by atoms with van der Waals surface area (Å²) in [6, 6.07) is 15.2. The zero-order chi connectivity index (χ0) is 17.6. The molecule has 0 radical (unpaired) electrons. The summed E-state index contributed by atoms with van der Waals surface area (Å²) in [4.78, 5) is 13.6. The van der Waals surface area contributed by atoms with Crippen LogP contribution >= 0.6 is 0 Å². The van der Waals surface area contributed by atoms with E-state index < -0.39 is 9.84 Å². The van der Waals surface area contributed by atoms with Crippen LogP contribution < -0.4 is 4.74 Å². The molecule has 24 heavy (non-hydrogen) atoms. The molecule has 0 aliphatic rings. The fourth-order valence-electron chi connectivity index (χ4n) is 2.14. The standard InChI is InChI=1S/C18H21NO4S/c1-19(2)18(20)15-9-11-16(12-10-15)23-13-6-14-24(21,22)17-7-4-3-5-8-17/h3-5,7-12H,6,13-14H2,1-2H3. The van der Waals surface area contributed by atoms with Crippen molar-refractivity contribution in [3.63, 3.8) is 0 Å². The number of carbonyl (C=O) groups is 1. The summed E-state index contributed by atoms with van der Waals surface area (Å²) in [6.07, 6.45) is 0.398. The van der Waals surface area contributed by atoms with Crippen molar-refractivity contribution in [2.45, 2.75) is 11.3 Å². The highest BCUT2D eigenvalue weighted by Gasteiger charge is 2.13. The fourth-order valence-corrected chi connectivity index (χ4v) is 3.44. The molecule has 5 nitrogen and oxygen atoms in total. The van der Waals surface area contributed by atoms with Crippen LogP contribution in [0.1, 0.15) is 16.8 Å². The zero-order valence-corrected chi connectivity index (χ0v) is 14.6. The summed E-state index contributed by atoms with van der Waals surface area (Å²) in [5.41, 5.74) is 0.582. The van der Waals surface area contributed by atoms with Gasteiger partial charge in [-0.1, -0.05) is 18.2 Å². The molecule has 0 aromatic heterocycles. The summed E-state index contributed by atoms with van der Waals surface area (Å²) < 4.78 is 29.8. The average Bonchev–Trinajstić information content (AvgIpc) is 2.59. The molecule has 2 aromatic carbocycles. The van der Waals surface area contributed by atoms with E-state index >= 15 is 0 Å². The molecule has 0 fully saturated rings. The maximum absolute atomic E-state index is 12.1. The third kappa shape index (κ3) is 4.83. The van der Waals surface area contributed by atoms with Gasteiger partial charge in [-0.05, 0) is 42.8 Å². The Bertz CT molecular complexity index is 768. The summed E-state index contributed by atoms with van der Waals surface area (Å²) >= 11 is 0. The van der Waals surface area contributed by atoms with Crippen LogP contribution in [0.15, 0.2) is 59.5 Å². The van der Waals surface area contributed by atoms with Crippen LogP contribution in [0.4, 0.5) is 0 Å². The third-order valence-corrected chi connectivity index (χ3v) is 5.25. The number of hydrogen-bond donors (Lipinski definition) is 0. The van der Waals surface area contributed by atoms with Crippen LogP contribution in [-0.2, 0) is 9.84 Å². The molecule has 0 unspecified atom stereocenters. The Balaban J connectivity index is 1.83. The molecule has 0 atom stereocenters. The molecule has 0 spiro atoms. The predicted octanol–water partition coefficient (Wildman–Crippen LogP) is 2.63. The smallest absolute Gasteiger partial charge is 0.253 e. The third-order valence-electron chi connectivity index (χ3n) is 3.44. The van der Waals surface area contributed by atoms with E-state index in [9.17, 15) is 13.2 Å². The fraction of sp³-hybridized carbons (Fsp3) is 0.278. The molecule has 0 bridgehead atoms. The van der Waals surface area contributed by atoms with E-state index in [-0.39, 0.29) is 11.7 Å². The van der Waals surface area contributed by atoms with Gasteiger partial charge in [0.1, 0.15) is 5.75 Å². The van der Waals surface area contributed by atoms with Crippen molar-refractivity contribution in [2.75, 3.05) is 26.5 Å². The predicted molar refractivity (Wildman–Crippen MR) is 93.1 cm³/mol. The Labute approximate surface area is 142 Å². The molecule has 0 aliphatic heterocycles. The highest BCUT2D eigenvalue weighted by atomic mass is 32.2. The number of rotatable bonds is 7. The lowest BCUT2D eigenvalue weighted by Gasteiger charge is -2.11. The lowest BCUT2D eigenvalue weighted by atomic mass is 10.2. The summed E-state index contributed by atoms with van der Waals surface area (Å²) in [6.45, 7) is 0.299. The van der Waals surface area contributed by atoms with E-state index in [0.717, 1.165) is 0 Å². The molecule has 128 valence electrons. The first-order valence-corrected chi connectivity index (χ1v) is 9.28. The molecule has 0 saturated carbocycles. The van der Waals surface area contributed by atoms with E-state index in [1.165, 1.54) is 4.90 Å². The van der Waals surface area contributed by atoms with Crippen molar-refractivity contribution < 1.29 is 17.9 Å². The van der Waals surface area contributed by atoms with Gasteiger partial charge in [0.15, 0.2) is 9.84 Å². The van der Waals surface area contributed by atoms with E-state index in [0.29, 0.717) is 29.2 Å². The summed E-state index contributed by atoms with van der Waals surface area (Å²) in [7, 11) is 0.116. The lowest BCUT2D eigenvalue weighted by Crippen LogP contribution is -2.21. The Kier molecular flexibility index (Phi) is 5.98. The van der Waals surface area contributed by atoms with Gasteiger partial charge >= 0.3 is 0 Å². The Morgan fingerprint density at radius 2 is 1.62 bits per heavy atom. The molecule has 2 aromatic rings. The zero-order valence-electron chi connectivity index (χ0n) is 13.8. The number of hydrogen-bond acceptors (Lipinski definition) is 4. The molecular formula is C18H21NO4S. The molecular weight excluding hydrogens is 326 g/mol. The van der Waals surface area contributed by atoms with Crippen LogP contribution in [0.25, 0.3) is 0 Å². The van der Waals surface area contributed by atoms with Gasteiger partial charge in [0.2, 0.25) is 0 Å². The van der Waals surface area contributed by atoms with Crippen molar-refractivity contribution in [3.05, 3.63) is 60.2 Å². The maximum atomic E-state index is 12.1. The van der Waals surface area contributed by atoms with Crippen molar-refractivity contribution in [1.29, 1.82) is 0 Å². The van der Waals surface area contributed by atoms with Crippen LogP contribution in [0, 0.1) is 0 Å². The van der Waals surface area contributed by atoms with E-state index in [1.54, 1.807) is 68.7 Å². The van der Waals surface area contributed by atoms with Crippen LogP contribution in [0.2, 0.25) is 0 Å². The van der Waals surface area contributed by atoms with Gasteiger partial charge in [-0.2, -0.15) is 0 Å². The number of ether oxygens (including phenoxy) is 1. The SMILES string of the molecule is CN(C)C(=O)c1ccc(OCCCS(=O)(=O)c2ccccc2)cc1. The Hall–Kier alpha value is -2.34. The number of nitrogens with zero attached hydrogens (tertiary/aromatic N) is 1. The topological polar surface area (TPSA) is 63.7 Å². The highest BCUT2D eigenvalue weighted by Crippen LogP contribution is 2.15. The quantitative estimate of drug-likeness (QED) is 0.722. The Morgan fingerprint density at radius 3 is 2.21 bits per heavy atom. The molecule has 0 aliphatic carbocycles. The van der Waals surface area contributed by atoms with Gasteiger partial charge in [0.05, 0.1) is 17.3 Å². The van der Waals surface area contributed by atoms with Gasteiger partial charge in [0, 0.05) is 19.7 Å². The molecule has 0 N–H and O–H groups in total. The van der Waals surface area contributed by atoms with Crippen molar-refractivity contribution in [3.8, 4) is 5.75 Å². The minimum absolute atomic E-state index is 0.0359. The van der Waals surface area contributed by atoms with Gasteiger partial charge in [-0.15, -0.1) is 0 Å². The summed E-state index contributed by atoms with van der Waals surface area (Å²) in [5, 5.41) is 0. The first-order valence-electron chi connectivity index (χ1n) is 7.62. The number of amides is 1. The monoisotopic (exact) mass is 347 g/mol. The number of benzene rings is 2. The second-order valence-electron chi connectivity index (χ2n) is 5.56. The molecule has 0 heterocycles. The molecule has 1 amide bonds. The minimum Gasteiger partial charge on any atom is -0.494 e. The maximum Gasteiger partial charge on any atom is 0.253 e. The minimum atomic E-state index is -3.27. The van der Waals surface area contributed by atoms with Crippen LogP contribution in [0.5, 0.6) is 5.75 Å². The first-order chi connectivity index (χ1) is 11.4. The largest absolute Gasteiger partial charge is 0.494 e. The van der Waals surface area contributed by atoms with Gasteiger partial charge in [0.25, 0.3) is 5.91 Å². The highest BCUT2D eigenvalue weighted by molar-refractivity contribution is 7.91. The molecule has 6 heteroatoms. The second kappa shape index (κ2) is 7.97. The van der Waals surface area contributed by atoms with Crippen LogP contribution in [-0.4, -0.2) is 45.7 Å². The van der Waals surface area contributed by atoms with Gasteiger partial charge in [-0.25, -0.2) is 8.42 Å². The lowest BCUT2D eigenvalue weighted by molar-refractivity contribution is 0.0827. The first kappa shape index (κ1) is 18.0. The second-order valence-corrected chi connectivity index (χ2v) is 7.67. The van der Waals surface area contributed by atoms with Crippen molar-refractivity contribution in [2.24, 2.45) is 0 Å². The van der Waals surface area contributed by atoms with Crippen molar-refractivity contribution >= 4 is 15.7 Å². The average molecular weight is 347 g/mol. The van der Waals surface area contributed by atoms with E-state index in [1.807, 2.05) is 0 Å². The van der Waals surface area contributed by atoms with E-state index in [2.05, 4.69) is 0 Å². The van der Waals surface area contributed by atoms with Gasteiger partial charge in [-0.3, -0.25) is 4.79 Å². The number of carbonyl (C=O) groups excluding carboxylic acids is 1. The molecule has 0 saturated heterocycles. The Morgan fingerprint density at radius 1 is 1.00 bits per heavy atom.